The largest absolute Gasteiger partial charge is 0.328 e. The van der Waals surface area contributed by atoms with Crippen molar-refractivity contribution in [3.8, 4) is 0 Å². The lowest BCUT2D eigenvalue weighted by Gasteiger charge is -2.42. The van der Waals surface area contributed by atoms with E-state index in [9.17, 15) is 0 Å². The van der Waals surface area contributed by atoms with E-state index < -0.39 is 0 Å². The number of hydrogen-bond donors (Lipinski definition) is 1. The highest BCUT2D eigenvalue weighted by atomic mass is 15.3. The van der Waals surface area contributed by atoms with E-state index >= 15 is 0 Å². The number of nitrogens with zero attached hydrogens (tertiary/aromatic N) is 1. The van der Waals surface area contributed by atoms with Gasteiger partial charge in [-0.3, -0.25) is 4.90 Å². The minimum absolute atomic E-state index is 0.489. The molecule has 2 heteroatoms. The molecule has 1 aliphatic carbocycles. The van der Waals surface area contributed by atoms with Crippen LogP contribution in [0.15, 0.2) is 0 Å². The molecular weight excluding hydrogens is 196 g/mol. The average Bonchev–Trinajstić information content (AvgIpc) is 2.65. The maximum absolute atomic E-state index is 6.14. The number of piperidine rings is 1. The Bertz CT molecular complexity index is 260. The molecule has 3 unspecified atom stereocenters. The molecule has 0 radical (unpaired) electrons. The molecule has 92 valence electrons. The van der Waals surface area contributed by atoms with Gasteiger partial charge in [-0.05, 0) is 50.4 Å². The summed E-state index contributed by atoms with van der Waals surface area (Å²) in [6.45, 7) is 4.87. The predicted molar refractivity (Wildman–Crippen MR) is 67.3 cm³/mol. The smallest absolute Gasteiger partial charge is 0.0116 e. The molecule has 0 amide bonds. The fourth-order valence-corrected chi connectivity index (χ4v) is 4.51. The van der Waals surface area contributed by atoms with E-state index in [1.807, 2.05) is 0 Å². The maximum atomic E-state index is 6.14. The van der Waals surface area contributed by atoms with Crippen molar-refractivity contribution in [2.45, 2.75) is 83.0 Å². The van der Waals surface area contributed by atoms with Gasteiger partial charge < -0.3 is 5.73 Å². The zero-order valence-electron chi connectivity index (χ0n) is 10.8. The van der Waals surface area contributed by atoms with Crippen molar-refractivity contribution in [2.24, 2.45) is 11.1 Å². The Morgan fingerprint density at radius 3 is 2.12 bits per heavy atom. The molecule has 3 aliphatic rings. The van der Waals surface area contributed by atoms with Crippen molar-refractivity contribution in [1.29, 1.82) is 0 Å². The van der Waals surface area contributed by atoms with E-state index in [2.05, 4.69) is 18.7 Å². The molecule has 1 saturated carbocycles. The van der Waals surface area contributed by atoms with Crippen LogP contribution in [-0.4, -0.2) is 29.1 Å². The van der Waals surface area contributed by atoms with Crippen molar-refractivity contribution in [1.82, 2.24) is 4.90 Å². The third kappa shape index (κ3) is 1.80. The summed E-state index contributed by atoms with van der Waals surface area (Å²) >= 11 is 0. The number of hydrogen-bond acceptors (Lipinski definition) is 2. The molecule has 16 heavy (non-hydrogen) atoms. The third-order valence-corrected chi connectivity index (χ3v) is 5.19. The van der Waals surface area contributed by atoms with Gasteiger partial charge in [0.25, 0.3) is 0 Å². The van der Waals surface area contributed by atoms with Crippen molar-refractivity contribution in [2.75, 3.05) is 0 Å². The van der Waals surface area contributed by atoms with Gasteiger partial charge in [-0.1, -0.05) is 13.8 Å². The average molecular weight is 222 g/mol. The van der Waals surface area contributed by atoms with Crippen molar-refractivity contribution >= 4 is 0 Å². The molecule has 0 aromatic rings. The van der Waals surface area contributed by atoms with E-state index in [1.165, 1.54) is 44.9 Å². The Morgan fingerprint density at radius 1 is 1.00 bits per heavy atom. The first kappa shape index (κ1) is 11.0. The van der Waals surface area contributed by atoms with Gasteiger partial charge in [-0.15, -0.1) is 0 Å². The molecule has 0 spiro atoms. The zero-order chi connectivity index (χ0) is 11.3. The summed E-state index contributed by atoms with van der Waals surface area (Å²) in [5.74, 6) is 0. The van der Waals surface area contributed by atoms with E-state index in [4.69, 9.17) is 5.73 Å². The second kappa shape index (κ2) is 3.71. The summed E-state index contributed by atoms with van der Waals surface area (Å²) in [6.07, 6.45) is 9.59. The minimum Gasteiger partial charge on any atom is -0.328 e. The standard InChI is InChI=1S/C14H26N2/c1-14(2)6-5-13(9-14)16-11-3-4-12(16)8-10(15)7-11/h10-13H,3-9,15H2,1-2H3. The van der Waals surface area contributed by atoms with E-state index in [0.29, 0.717) is 11.5 Å². The number of nitrogens with two attached hydrogens (primary N) is 1. The second-order valence-electron chi connectivity index (χ2n) is 7.12. The van der Waals surface area contributed by atoms with Gasteiger partial charge in [0, 0.05) is 24.2 Å². The van der Waals surface area contributed by atoms with Crippen LogP contribution in [0.2, 0.25) is 0 Å². The van der Waals surface area contributed by atoms with Crippen LogP contribution >= 0.6 is 0 Å². The summed E-state index contributed by atoms with van der Waals surface area (Å²) in [6, 6.07) is 3.02. The van der Waals surface area contributed by atoms with E-state index in [0.717, 1.165) is 18.1 Å². The lowest BCUT2D eigenvalue weighted by Crippen LogP contribution is -2.51. The van der Waals surface area contributed by atoms with Gasteiger partial charge in [0.05, 0.1) is 0 Å². The molecule has 2 nitrogen and oxygen atoms in total. The molecule has 2 N–H and O–H groups in total. The minimum atomic E-state index is 0.489. The SMILES string of the molecule is CC1(C)CCC(N2C3CCC2CC(N)C3)C1. The van der Waals surface area contributed by atoms with Gasteiger partial charge in [0.15, 0.2) is 0 Å². The lowest BCUT2D eigenvalue weighted by atomic mass is 9.90. The lowest BCUT2D eigenvalue weighted by molar-refractivity contribution is 0.0750. The van der Waals surface area contributed by atoms with Gasteiger partial charge in [-0.25, -0.2) is 0 Å². The summed E-state index contributed by atoms with van der Waals surface area (Å²) in [7, 11) is 0. The van der Waals surface area contributed by atoms with Crippen LogP contribution in [0.5, 0.6) is 0 Å². The van der Waals surface area contributed by atoms with Gasteiger partial charge in [-0.2, -0.15) is 0 Å². The first-order valence-corrected chi connectivity index (χ1v) is 7.08. The van der Waals surface area contributed by atoms with Crippen molar-refractivity contribution in [3.63, 3.8) is 0 Å². The predicted octanol–water partition coefficient (Wildman–Crippen LogP) is 2.52. The Kier molecular flexibility index (Phi) is 2.56. The second-order valence-corrected chi connectivity index (χ2v) is 7.12. The van der Waals surface area contributed by atoms with Crippen LogP contribution in [0, 0.1) is 5.41 Å². The summed E-state index contributed by atoms with van der Waals surface area (Å²) in [5.41, 5.74) is 6.73. The first-order chi connectivity index (χ1) is 7.55. The summed E-state index contributed by atoms with van der Waals surface area (Å²) in [5, 5.41) is 0. The quantitative estimate of drug-likeness (QED) is 0.738. The van der Waals surface area contributed by atoms with E-state index in [-0.39, 0.29) is 0 Å². The highest BCUT2D eigenvalue weighted by Crippen LogP contribution is 2.45. The first-order valence-electron chi connectivity index (χ1n) is 7.08. The molecule has 3 fully saturated rings. The van der Waals surface area contributed by atoms with Crippen LogP contribution in [-0.2, 0) is 0 Å². The molecule has 2 heterocycles. The molecule has 0 aromatic heterocycles. The van der Waals surface area contributed by atoms with Crippen LogP contribution in [0.1, 0.15) is 58.8 Å². The molecule has 2 bridgehead atoms. The Labute approximate surface area is 99.6 Å². The number of rotatable bonds is 1. The van der Waals surface area contributed by atoms with Crippen LogP contribution in [0.25, 0.3) is 0 Å². The summed E-state index contributed by atoms with van der Waals surface area (Å²) in [4.78, 5) is 2.87. The highest BCUT2D eigenvalue weighted by Gasteiger charge is 2.45. The fourth-order valence-electron chi connectivity index (χ4n) is 4.51. The highest BCUT2D eigenvalue weighted by molar-refractivity contribution is 5.02. The molecule has 3 rings (SSSR count). The van der Waals surface area contributed by atoms with Crippen molar-refractivity contribution < 1.29 is 0 Å². The molecular formula is C14H26N2. The Balaban J connectivity index is 1.72. The van der Waals surface area contributed by atoms with Crippen LogP contribution < -0.4 is 5.73 Å². The Hall–Kier alpha value is -0.0800. The van der Waals surface area contributed by atoms with Crippen LogP contribution in [0.4, 0.5) is 0 Å². The maximum Gasteiger partial charge on any atom is 0.0116 e. The number of fused-ring (bicyclic) bond motifs is 2. The summed E-state index contributed by atoms with van der Waals surface area (Å²) < 4.78 is 0. The topological polar surface area (TPSA) is 29.3 Å². The van der Waals surface area contributed by atoms with Gasteiger partial charge in [0.1, 0.15) is 0 Å². The Morgan fingerprint density at radius 2 is 1.62 bits per heavy atom. The molecule has 2 aliphatic heterocycles. The van der Waals surface area contributed by atoms with E-state index in [1.54, 1.807) is 0 Å². The monoisotopic (exact) mass is 222 g/mol. The molecule has 0 aromatic carbocycles. The zero-order valence-corrected chi connectivity index (χ0v) is 10.8. The van der Waals surface area contributed by atoms with Crippen molar-refractivity contribution in [3.05, 3.63) is 0 Å². The van der Waals surface area contributed by atoms with Crippen LogP contribution in [0.3, 0.4) is 0 Å². The molecule has 2 saturated heterocycles. The molecule has 3 atom stereocenters. The van der Waals surface area contributed by atoms with Gasteiger partial charge >= 0.3 is 0 Å². The fraction of sp³-hybridized carbons (Fsp3) is 1.00. The third-order valence-electron chi connectivity index (χ3n) is 5.19. The van der Waals surface area contributed by atoms with Gasteiger partial charge in [0.2, 0.25) is 0 Å². The normalized spacial score (nSPS) is 47.4.